The molecule has 4 nitrogen and oxygen atoms in total. The Morgan fingerprint density at radius 2 is 1.93 bits per heavy atom. The summed E-state index contributed by atoms with van der Waals surface area (Å²) in [7, 11) is 3.88. The van der Waals surface area contributed by atoms with Gasteiger partial charge in [0.1, 0.15) is 0 Å². The topological polar surface area (TPSA) is 33.7 Å². The summed E-state index contributed by atoms with van der Waals surface area (Å²) in [5.41, 5.74) is 0. The van der Waals surface area contributed by atoms with Gasteiger partial charge in [-0.15, -0.1) is 0 Å². The van der Waals surface area contributed by atoms with E-state index in [0.717, 1.165) is 52.4 Å². The molecule has 1 N–H and O–H groups in total. The molecule has 0 aliphatic rings. The number of hydrogen-bond acceptors (Lipinski definition) is 4. The molecule has 0 bridgehead atoms. The van der Waals surface area contributed by atoms with E-state index < -0.39 is 0 Å². The highest BCUT2D eigenvalue weighted by atomic mass is 16.5. The van der Waals surface area contributed by atoms with Gasteiger partial charge in [-0.25, -0.2) is 0 Å². The first-order chi connectivity index (χ1) is 7.31. The van der Waals surface area contributed by atoms with Crippen molar-refractivity contribution >= 4 is 0 Å². The molecule has 0 spiro atoms. The molecule has 0 heterocycles. The molecule has 0 atom stereocenters. The predicted molar refractivity (Wildman–Crippen MR) is 63.4 cm³/mol. The van der Waals surface area contributed by atoms with E-state index in [-0.39, 0.29) is 0 Å². The van der Waals surface area contributed by atoms with Gasteiger partial charge in [0, 0.05) is 46.5 Å². The highest BCUT2D eigenvalue weighted by Crippen LogP contribution is 1.86. The molecule has 4 heteroatoms. The summed E-state index contributed by atoms with van der Waals surface area (Å²) in [5, 5.41) is 3.34. The zero-order valence-corrected chi connectivity index (χ0v) is 10.4. The van der Waals surface area contributed by atoms with Crippen LogP contribution in [0.3, 0.4) is 0 Å². The molecule has 0 unspecified atom stereocenters. The van der Waals surface area contributed by atoms with Crippen molar-refractivity contribution in [2.45, 2.75) is 13.3 Å². The minimum atomic E-state index is 0.804. The largest absolute Gasteiger partial charge is 0.385 e. The van der Waals surface area contributed by atoms with Gasteiger partial charge in [-0.1, -0.05) is 0 Å². The van der Waals surface area contributed by atoms with Gasteiger partial charge in [-0.2, -0.15) is 0 Å². The smallest absolute Gasteiger partial charge is 0.0590 e. The summed E-state index contributed by atoms with van der Waals surface area (Å²) >= 11 is 0. The highest BCUT2D eigenvalue weighted by Gasteiger charge is 1.96. The first-order valence-electron chi connectivity index (χ1n) is 5.77. The van der Waals surface area contributed by atoms with Gasteiger partial charge in [0.2, 0.25) is 0 Å². The molecular weight excluding hydrogens is 192 g/mol. The molecule has 0 aromatic carbocycles. The summed E-state index contributed by atoms with van der Waals surface area (Å²) in [5.74, 6) is 0. The Morgan fingerprint density at radius 3 is 2.60 bits per heavy atom. The van der Waals surface area contributed by atoms with Gasteiger partial charge in [0.15, 0.2) is 0 Å². The Labute approximate surface area is 93.9 Å². The lowest BCUT2D eigenvalue weighted by atomic mass is 10.4. The Balaban J connectivity index is 3.06. The molecule has 0 rings (SSSR count). The van der Waals surface area contributed by atoms with Crippen LogP contribution in [0.1, 0.15) is 13.3 Å². The highest BCUT2D eigenvalue weighted by molar-refractivity contribution is 4.54. The van der Waals surface area contributed by atoms with Crippen LogP contribution in [-0.4, -0.2) is 65.1 Å². The first kappa shape index (κ1) is 14.8. The van der Waals surface area contributed by atoms with Crippen LogP contribution in [0.5, 0.6) is 0 Å². The maximum atomic E-state index is 5.23. The SMILES string of the molecule is CCOCCNCCN(C)CCCOC. The van der Waals surface area contributed by atoms with Gasteiger partial charge < -0.3 is 19.7 Å². The number of rotatable bonds is 11. The number of likely N-dealkylation sites (N-methyl/N-ethyl adjacent to an activating group) is 1. The van der Waals surface area contributed by atoms with E-state index in [9.17, 15) is 0 Å². The average molecular weight is 218 g/mol. The lowest BCUT2D eigenvalue weighted by Crippen LogP contribution is -2.31. The predicted octanol–water partition coefficient (Wildman–Crippen LogP) is 0.581. The molecule has 0 saturated carbocycles. The van der Waals surface area contributed by atoms with E-state index in [1.54, 1.807) is 7.11 Å². The molecule has 0 amide bonds. The van der Waals surface area contributed by atoms with Crippen molar-refractivity contribution in [1.82, 2.24) is 10.2 Å². The van der Waals surface area contributed by atoms with Crippen LogP contribution < -0.4 is 5.32 Å². The minimum Gasteiger partial charge on any atom is -0.385 e. The standard InChI is InChI=1S/C11H26N2O2/c1-4-15-11-7-12-6-9-13(2)8-5-10-14-3/h12H,4-11H2,1-3H3. The molecule has 0 aliphatic heterocycles. The van der Waals surface area contributed by atoms with Crippen LogP contribution in [0, 0.1) is 0 Å². The van der Waals surface area contributed by atoms with Crippen molar-refractivity contribution < 1.29 is 9.47 Å². The van der Waals surface area contributed by atoms with Gasteiger partial charge in [0.05, 0.1) is 6.61 Å². The van der Waals surface area contributed by atoms with Gasteiger partial charge >= 0.3 is 0 Å². The lowest BCUT2D eigenvalue weighted by molar-refractivity contribution is 0.148. The number of ether oxygens (including phenoxy) is 2. The Kier molecular flexibility index (Phi) is 11.8. The summed E-state index contributed by atoms with van der Waals surface area (Å²) in [6, 6.07) is 0. The van der Waals surface area contributed by atoms with Crippen molar-refractivity contribution in [3.63, 3.8) is 0 Å². The second-order valence-corrected chi connectivity index (χ2v) is 3.60. The summed E-state index contributed by atoms with van der Waals surface area (Å²) < 4.78 is 10.2. The quantitative estimate of drug-likeness (QED) is 0.514. The van der Waals surface area contributed by atoms with Crippen molar-refractivity contribution in [2.24, 2.45) is 0 Å². The molecular formula is C11H26N2O2. The zero-order valence-electron chi connectivity index (χ0n) is 10.4. The molecule has 0 aromatic heterocycles. The fourth-order valence-electron chi connectivity index (χ4n) is 1.27. The average Bonchev–Trinajstić information content (AvgIpc) is 2.23. The van der Waals surface area contributed by atoms with Crippen LogP contribution in [0.15, 0.2) is 0 Å². The third-order valence-electron chi connectivity index (χ3n) is 2.19. The Morgan fingerprint density at radius 1 is 1.13 bits per heavy atom. The van der Waals surface area contributed by atoms with E-state index >= 15 is 0 Å². The third kappa shape index (κ3) is 11.8. The first-order valence-corrected chi connectivity index (χ1v) is 5.77. The van der Waals surface area contributed by atoms with E-state index in [1.807, 2.05) is 6.92 Å². The van der Waals surface area contributed by atoms with E-state index in [2.05, 4.69) is 17.3 Å². The van der Waals surface area contributed by atoms with Crippen molar-refractivity contribution in [3.8, 4) is 0 Å². The van der Waals surface area contributed by atoms with Crippen LogP contribution >= 0.6 is 0 Å². The summed E-state index contributed by atoms with van der Waals surface area (Å²) in [6.45, 7) is 8.63. The maximum absolute atomic E-state index is 5.23. The normalized spacial score (nSPS) is 11.2. The third-order valence-corrected chi connectivity index (χ3v) is 2.19. The second kappa shape index (κ2) is 11.9. The van der Waals surface area contributed by atoms with Gasteiger partial charge in [-0.3, -0.25) is 0 Å². The summed E-state index contributed by atoms with van der Waals surface area (Å²) in [6.07, 6.45) is 1.10. The molecule has 0 aliphatic carbocycles. The molecule has 0 fully saturated rings. The molecule has 0 saturated heterocycles. The van der Waals surface area contributed by atoms with E-state index in [0.29, 0.717) is 0 Å². The lowest BCUT2D eigenvalue weighted by Gasteiger charge is -2.16. The van der Waals surface area contributed by atoms with Crippen LogP contribution in [0.2, 0.25) is 0 Å². The number of nitrogens with one attached hydrogen (secondary N) is 1. The zero-order chi connectivity index (χ0) is 11.4. The second-order valence-electron chi connectivity index (χ2n) is 3.60. The van der Waals surface area contributed by atoms with Gasteiger partial charge in [0.25, 0.3) is 0 Å². The van der Waals surface area contributed by atoms with Crippen molar-refractivity contribution in [1.29, 1.82) is 0 Å². The molecule has 0 radical (unpaired) electrons. The van der Waals surface area contributed by atoms with E-state index in [1.165, 1.54) is 0 Å². The molecule has 0 aromatic rings. The van der Waals surface area contributed by atoms with Gasteiger partial charge in [-0.05, 0) is 20.4 Å². The number of methoxy groups -OCH3 is 1. The molecule has 92 valence electrons. The van der Waals surface area contributed by atoms with Crippen LogP contribution in [0.4, 0.5) is 0 Å². The minimum absolute atomic E-state index is 0.804. The fourth-order valence-corrected chi connectivity index (χ4v) is 1.27. The van der Waals surface area contributed by atoms with Crippen LogP contribution in [-0.2, 0) is 9.47 Å². The van der Waals surface area contributed by atoms with Crippen molar-refractivity contribution in [2.75, 3.05) is 60.2 Å². The Bertz CT molecular complexity index is 123. The summed E-state index contributed by atoms with van der Waals surface area (Å²) in [4.78, 5) is 2.31. The maximum Gasteiger partial charge on any atom is 0.0590 e. The van der Waals surface area contributed by atoms with Crippen LogP contribution in [0.25, 0.3) is 0 Å². The van der Waals surface area contributed by atoms with Crippen molar-refractivity contribution in [3.05, 3.63) is 0 Å². The monoisotopic (exact) mass is 218 g/mol. The molecule has 15 heavy (non-hydrogen) atoms. The Hall–Kier alpha value is -0.160. The fraction of sp³-hybridized carbons (Fsp3) is 1.00. The number of hydrogen-bond donors (Lipinski definition) is 1. The number of nitrogens with zero attached hydrogens (tertiary/aromatic N) is 1. The van der Waals surface area contributed by atoms with E-state index in [4.69, 9.17) is 9.47 Å².